The number of carbonyl (C=O) groups excluding carboxylic acids is 3. The van der Waals surface area contributed by atoms with Gasteiger partial charge in [0.05, 0.1) is 48.4 Å². The number of aromatic amines is 2. The minimum absolute atomic E-state index is 0.0132. The maximum absolute atomic E-state index is 13.7. The number of hydrogen-bond acceptors (Lipinski definition) is 9. The van der Waals surface area contributed by atoms with Crippen molar-refractivity contribution in [3.8, 4) is 22.3 Å². The number of carbonyl (C=O) groups is 3. The van der Waals surface area contributed by atoms with E-state index in [1.165, 1.54) is 20.6 Å². The molecule has 0 saturated carbocycles. The first-order valence-electron chi connectivity index (χ1n) is 20.7. The molecule has 0 unspecified atom stereocenters. The maximum Gasteiger partial charge on any atom is 0.407 e. The molecule has 14 heteroatoms. The van der Waals surface area contributed by atoms with Gasteiger partial charge in [0.15, 0.2) is 0 Å². The van der Waals surface area contributed by atoms with Gasteiger partial charge in [-0.3, -0.25) is 9.59 Å². The van der Waals surface area contributed by atoms with Gasteiger partial charge in [0.25, 0.3) is 0 Å². The third-order valence-electron chi connectivity index (χ3n) is 11.8. The van der Waals surface area contributed by atoms with Crippen molar-refractivity contribution in [1.29, 1.82) is 0 Å². The molecule has 6 aromatic rings. The lowest BCUT2D eigenvalue weighted by molar-refractivity contribution is -0.188. The first-order valence-corrected chi connectivity index (χ1v) is 20.7. The molecule has 2 saturated heterocycles. The van der Waals surface area contributed by atoms with E-state index >= 15 is 0 Å². The van der Waals surface area contributed by atoms with Crippen molar-refractivity contribution in [1.82, 2.24) is 35.1 Å². The number of fused-ring (bicyclic) bond motifs is 3. The number of benzene rings is 4. The number of amides is 3. The molecule has 2 aliphatic heterocycles. The highest BCUT2D eigenvalue weighted by Crippen LogP contribution is 2.36. The summed E-state index contributed by atoms with van der Waals surface area (Å²) in [4.78, 5) is 73.8. The number of rotatable bonds is 12. The summed E-state index contributed by atoms with van der Waals surface area (Å²) in [6.07, 6.45) is 3.92. The normalized spacial score (nSPS) is 18.1. The van der Waals surface area contributed by atoms with Crippen LogP contribution in [0.5, 0.6) is 0 Å². The van der Waals surface area contributed by atoms with Crippen molar-refractivity contribution in [2.75, 3.05) is 27.3 Å². The summed E-state index contributed by atoms with van der Waals surface area (Å²) in [6.45, 7) is 9.01. The Balaban J connectivity index is 0.992. The van der Waals surface area contributed by atoms with E-state index in [-0.39, 0.29) is 35.7 Å². The zero-order valence-electron chi connectivity index (χ0n) is 34.9. The highest BCUT2D eigenvalue weighted by Gasteiger charge is 2.38. The van der Waals surface area contributed by atoms with Crippen LogP contribution in [0.4, 0.5) is 4.79 Å². The summed E-state index contributed by atoms with van der Waals surface area (Å²) < 4.78 is 4.78. The molecule has 0 aliphatic carbocycles. The third kappa shape index (κ3) is 8.03. The van der Waals surface area contributed by atoms with Crippen LogP contribution in [0.2, 0.25) is 0 Å². The predicted octanol–water partition coefficient (Wildman–Crippen LogP) is 8.26. The number of nitrogens with zero attached hydrogens (tertiary/aromatic N) is 5. The van der Waals surface area contributed by atoms with Crippen molar-refractivity contribution < 1.29 is 28.9 Å². The lowest BCUT2D eigenvalue weighted by Gasteiger charge is -2.29. The average molecular weight is 813 g/mol. The lowest BCUT2D eigenvalue weighted by Crippen LogP contribution is -2.51. The Morgan fingerprint density at radius 3 is 1.70 bits per heavy atom. The molecule has 2 fully saturated rings. The molecule has 3 N–H and O–H groups in total. The summed E-state index contributed by atoms with van der Waals surface area (Å²) in [5, 5.41) is 4.96. The fourth-order valence-electron chi connectivity index (χ4n) is 8.67. The minimum atomic E-state index is -0.688. The number of hydrogen-bond donors (Lipinski definition) is 3. The fourth-order valence-corrected chi connectivity index (χ4v) is 8.67. The number of methoxy groups -OCH3 is 1. The molecule has 4 atom stereocenters. The van der Waals surface area contributed by atoms with Crippen LogP contribution < -0.4 is 5.32 Å². The maximum atomic E-state index is 13.7. The first-order chi connectivity index (χ1) is 29.0. The Kier molecular flexibility index (Phi) is 11.6. The molecule has 4 heterocycles. The zero-order valence-corrected chi connectivity index (χ0v) is 34.9. The van der Waals surface area contributed by atoms with Gasteiger partial charge in [0.1, 0.15) is 23.7 Å². The van der Waals surface area contributed by atoms with Gasteiger partial charge in [-0.05, 0) is 107 Å². The number of H-pyrrole nitrogens is 2. The Morgan fingerprint density at radius 2 is 1.22 bits per heavy atom. The second-order valence-electron chi connectivity index (χ2n) is 16.4. The molecule has 60 heavy (non-hydrogen) atoms. The van der Waals surface area contributed by atoms with Crippen LogP contribution in [0.25, 0.3) is 55.1 Å². The Labute approximate surface area is 348 Å². The van der Waals surface area contributed by atoms with Crippen molar-refractivity contribution >= 4 is 57.1 Å². The molecule has 312 valence electrons. The first kappa shape index (κ1) is 40.5. The third-order valence-corrected chi connectivity index (χ3v) is 11.8. The number of imidazole rings is 2. The molecule has 2 aliphatic rings. The van der Waals surface area contributed by atoms with Gasteiger partial charge in [-0.1, -0.05) is 64.1 Å². The molecule has 2 aromatic heterocycles. The Bertz CT molecular complexity index is 2580. The van der Waals surface area contributed by atoms with E-state index in [1.54, 1.807) is 0 Å². The van der Waals surface area contributed by atoms with Crippen LogP contribution in [-0.4, -0.2) is 93.4 Å². The quantitative estimate of drug-likeness (QED) is 0.0481. The van der Waals surface area contributed by atoms with Gasteiger partial charge in [-0.15, -0.1) is 0 Å². The molecule has 0 spiro atoms. The summed E-state index contributed by atoms with van der Waals surface area (Å²) in [6, 6.07) is 23.8. The SMILES string of the molecule is COOC=N[C@H](C(=O)N1CCC[C@H]1c1nc2ccc(-c3ccc4cc(-c5ccc6nc([C@@H]7CCCN7C(=O)[C@@H](NC(=O)OC)C(C)C)[nH]c6c5)ccc4c3)cc2[nH]1)C(C)C. The monoisotopic (exact) mass is 812 g/mol. The molecule has 0 bridgehead atoms. The Morgan fingerprint density at radius 1 is 0.717 bits per heavy atom. The van der Waals surface area contributed by atoms with Gasteiger partial charge < -0.3 is 34.7 Å². The summed E-state index contributed by atoms with van der Waals surface area (Å²) in [5.41, 5.74) is 7.81. The van der Waals surface area contributed by atoms with Gasteiger partial charge in [0, 0.05) is 13.1 Å². The molecule has 4 aromatic carbocycles. The van der Waals surface area contributed by atoms with E-state index in [0.717, 1.165) is 92.4 Å². The van der Waals surface area contributed by atoms with Gasteiger partial charge >= 0.3 is 6.09 Å². The van der Waals surface area contributed by atoms with E-state index in [9.17, 15) is 14.4 Å². The number of aromatic nitrogens is 4. The van der Waals surface area contributed by atoms with Crippen LogP contribution in [-0.2, 0) is 24.1 Å². The van der Waals surface area contributed by atoms with Crippen molar-refractivity contribution in [3.05, 3.63) is 84.4 Å². The van der Waals surface area contributed by atoms with E-state index in [4.69, 9.17) is 19.6 Å². The number of likely N-dealkylation sites (tertiary alicyclic amines) is 2. The molecule has 14 nitrogen and oxygen atoms in total. The van der Waals surface area contributed by atoms with Crippen LogP contribution >= 0.6 is 0 Å². The van der Waals surface area contributed by atoms with E-state index in [0.29, 0.717) is 13.1 Å². The Hall–Kier alpha value is -6.28. The molecule has 8 rings (SSSR count). The van der Waals surface area contributed by atoms with Crippen LogP contribution in [0.1, 0.15) is 77.1 Å². The van der Waals surface area contributed by atoms with Gasteiger partial charge in [-0.25, -0.2) is 19.8 Å². The van der Waals surface area contributed by atoms with E-state index < -0.39 is 18.2 Å². The van der Waals surface area contributed by atoms with Crippen molar-refractivity contribution in [2.45, 2.75) is 77.5 Å². The number of aliphatic imine (C=N–C) groups is 1. The summed E-state index contributed by atoms with van der Waals surface area (Å²) >= 11 is 0. The fraction of sp³-hybridized carbons (Fsp3) is 0.391. The van der Waals surface area contributed by atoms with Crippen LogP contribution in [0.3, 0.4) is 0 Å². The zero-order chi connectivity index (χ0) is 42.1. The number of nitrogens with one attached hydrogen (secondary N) is 3. The highest BCUT2D eigenvalue weighted by atomic mass is 17.2. The number of alkyl carbamates (subject to hydrolysis) is 1. The standard InChI is InChI=1S/C46H52N8O6/c1-26(2)40(47-25-60-59-6)44(55)53-19-7-9-38(53)42-48-34-17-15-32(23-36(34)50-42)30-13-11-29-22-31(14-12-28(29)21-30)33-16-18-35-37(24-33)51-43(49-35)39-10-8-20-54(39)45(56)41(27(3)4)52-46(57)58-5/h11-18,21-27,38-41H,7-10,19-20H2,1-6H3,(H,48,50)(H,49,51)(H,52,57)/t38-,39-,40-,41-/m0/s1. The molecular weight excluding hydrogens is 761 g/mol. The minimum Gasteiger partial charge on any atom is -0.453 e. The van der Waals surface area contributed by atoms with Crippen molar-refractivity contribution in [2.24, 2.45) is 16.8 Å². The summed E-state index contributed by atoms with van der Waals surface area (Å²) in [7, 11) is 2.70. The summed E-state index contributed by atoms with van der Waals surface area (Å²) in [5.74, 6) is 1.23. The van der Waals surface area contributed by atoms with Crippen LogP contribution in [0.15, 0.2) is 77.8 Å². The molecule has 3 amide bonds. The van der Waals surface area contributed by atoms with Gasteiger partial charge in [0.2, 0.25) is 18.2 Å². The largest absolute Gasteiger partial charge is 0.453 e. The topological polar surface area (TPSA) is 167 Å². The number of ether oxygens (including phenoxy) is 1. The van der Waals surface area contributed by atoms with E-state index in [1.807, 2.05) is 49.6 Å². The second kappa shape index (κ2) is 17.1. The highest BCUT2D eigenvalue weighted by molar-refractivity contribution is 5.93. The van der Waals surface area contributed by atoms with Crippen LogP contribution in [0, 0.1) is 11.8 Å². The second-order valence-corrected chi connectivity index (χ2v) is 16.4. The van der Waals surface area contributed by atoms with Crippen molar-refractivity contribution in [3.63, 3.8) is 0 Å². The van der Waals surface area contributed by atoms with Gasteiger partial charge in [-0.2, -0.15) is 4.89 Å². The average Bonchev–Trinajstić information content (AvgIpc) is 4.08. The molecular formula is C46H52N8O6. The lowest BCUT2D eigenvalue weighted by atomic mass is 9.97. The van der Waals surface area contributed by atoms with E-state index in [2.05, 4.69) is 85.8 Å². The smallest absolute Gasteiger partial charge is 0.407 e. The predicted molar refractivity (Wildman–Crippen MR) is 231 cm³/mol. The molecule has 0 radical (unpaired) electrons.